The van der Waals surface area contributed by atoms with Crippen LogP contribution in [0, 0.1) is 5.82 Å². The molecule has 96 valence electrons. The number of benzene rings is 2. The number of nitrogen functional groups attached to an aromatic ring is 1. The maximum atomic E-state index is 12.8. The normalized spacial score (nSPS) is 11.0. The highest BCUT2D eigenvalue weighted by Gasteiger charge is 2.07. The molecule has 0 bridgehead atoms. The van der Waals surface area contributed by atoms with E-state index < -0.39 is 0 Å². The number of hydrogen-bond donors (Lipinski definition) is 1. The van der Waals surface area contributed by atoms with E-state index in [-0.39, 0.29) is 5.82 Å². The molecule has 1 heterocycles. The average molecular weight is 274 g/mol. The molecule has 0 fully saturated rings. The minimum Gasteiger partial charge on any atom is -0.431 e. The summed E-state index contributed by atoms with van der Waals surface area (Å²) in [5.41, 5.74) is 8.83. The maximum absolute atomic E-state index is 12.8. The number of thioether (sulfide) groups is 1. The number of oxazole rings is 1. The molecule has 0 unspecified atom stereocenters. The third kappa shape index (κ3) is 2.71. The number of nitrogens with two attached hydrogens (primary N) is 1. The molecule has 2 N–H and O–H groups in total. The van der Waals surface area contributed by atoms with Gasteiger partial charge in [0.15, 0.2) is 5.58 Å². The van der Waals surface area contributed by atoms with Crippen molar-refractivity contribution >= 4 is 28.5 Å². The van der Waals surface area contributed by atoms with Crippen molar-refractivity contribution in [1.82, 2.24) is 4.98 Å². The number of nitrogens with zero attached hydrogens (tertiary/aromatic N) is 1. The lowest BCUT2D eigenvalue weighted by Crippen LogP contribution is -1.81. The third-order valence-electron chi connectivity index (χ3n) is 2.67. The van der Waals surface area contributed by atoms with E-state index in [1.165, 1.54) is 23.9 Å². The van der Waals surface area contributed by atoms with Gasteiger partial charge in [-0.1, -0.05) is 23.9 Å². The molecule has 0 saturated heterocycles. The Morgan fingerprint density at radius 3 is 2.74 bits per heavy atom. The van der Waals surface area contributed by atoms with Gasteiger partial charge in [0.1, 0.15) is 11.3 Å². The first-order valence-corrected chi connectivity index (χ1v) is 6.72. The van der Waals surface area contributed by atoms with Gasteiger partial charge in [-0.15, -0.1) is 0 Å². The van der Waals surface area contributed by atoms with Gasteiger partial charge in [0, 0.05) is 17.5 Å². The predicted molar refractivity (Wildman–Crippen MR) is 74.4 cm³/mol. The summed E-state index contributed by atoms with van der Waals surface area (Å²) < 4.78 is 18.4. The Balaban J connectivity index is 1.76. The van der Waals surface area contributed by atoms with Crippen molar-refractivity contribution in [3.63, 3.8) is 0 Å². The molecule has 0 aliphatic rings. The Labute approximate surface area is 113 Å². The lowest BCUT2D eigenvalue weighted by molar-refractivity contribution is 0.489. The fourth-order valence-electron chi connectivity index (χ4n) is 1.71. The molecule has 19 heavy (non-hydrogen) atoms. The van der Waals surface area contributed by atoms with Crippen molar-refractivity contribution in [3.8, 4) is 0 Å². The molecular formula is C14H11FN2OS. The van der Waals surface area contributed by atoms with Crippen LogP contribution in [0.15, 0.2) is 52.1 Å². The van der Waals surface area contributed by atoms with E-state index in [9.17, 15) is 4.39 Å². The van der Waals surface area contributed by atoms with E-state index in [1.54, 1.807) is 24.3 Å². The van der Waals surface area contributed by atoms with Crippen molar-refractivity contribution in [2.45, 2.75) is 11.0 Å². The lowest BCUT2D eigenvalue weighted by atomic mass is 10.2. The van der Waals surface area contributed by atoms with Gasteiger partial charge >= 0.3 is 0 Å². The predicted octanol–water partition coefficient (Wildman–Crippen LogP) is 3.84. The van der Waals surface area contributed by atoms with Crippen LogP contribution in [0.4, 0.5) is 10.1 Å². The van der Waals surface area contributed by atoms with Crippen molar-refractivity contribution in [2.75, 3.05) is 5.73 Å². The molecule has 3 rings (SSSR count). The Hall–Kier alpha value is -2.01. The van der Waals surface area contributed by atoms with Gasteiger partial charge in [0.05, 0.1) is 0 Å². The van der Waals surface area contributed by atoms with Gasteiger partial charge in [0.25, 0.3) is 5.22 Å². The monoisotopic (exact) mass is 274 g/mol. The van der Waals surface area contributed by atoms with Gasteiger partial charge in [-0.3, -0.25) is 0 Å². The molecule has 3 nitrogen and oxygen atoms in total. The standard InChI is InChI=1S/C14H11FN2OS/c15-10-3-1-9(2-4-10)8-19-14-17-12-6-5-11(16)7-13(12)18-14/h1-7H,8,16H2. The Kier molecular flexibility index (Phi) is 3.13. The Morgan fingerprint density at radius 2 is 1.95 bits per heavy atom. The van der Waals surface area contributed by atoms with Crippen LogP contribution in [-0.4, -0.2) is 4.98 Å². The van der Waals surface area contributed by atoms with Crippen molar-refractivity contribution in [1.29, 1.82) is 0 Å². The van der Waals surface area contributed by atoms with Crippen LogP contribution in [-0.2, 0) is 5.75 Å². The zero-order valence-electron chi connectivity index (χ0n) is 9.97. The first kappa shape index (κ1) is 12.0. The highest BCUT2D eigenvalue weighted by Crippen LogP contribution is 2.27. The molecule has 0 aliphatic heterocycles. The smallest absolute Gasteiger partial charge is 0.257 e. The highest BCUT2D eigenvalue weighted by atomic mass is 32.2. The van der Waals surface area contributed by atoms with Crippen LogP contribution in [0.3, 0.4) is 0 Å². The Morgan fingerprint density at radius 1 is 1.16 bits per heavy atom. The van der Waals surface area contributed by atoms with Gasteiger partial charge < -0.3 is 10.2 Å². The van der Waals surface area contributed by atoms with E-state index >= 15 is 0 Å². The van der Waals surface area contributed by atoms with Gasteiger partial charge in [0.2, 0.25) is 0 Å². The zero-order valence-corrected chi connectivity index (χ0v) is 10.8. The van der Waals surface area contributed by atoms with Crippen LogP contribution in [0.25, 0.3) is 11.1 Å². The largest absolute Gasteiger partial charge is 0.431 e. The molecular weight excluding hydrogens is 263 g/mol. The number of anilines is 1. The molecule has 0 amide bonds. The number of fused-ring (bicyclic) bond motifs is 1. The van der Waals surface area contributed by atoms with E-state index in [0.29, 0.717) is 22.2 Å². The quantitative estimate of drug-likeness (QED) is 0.582. The summed E-state index contributed by atoms with van der Waals surface area (Å²) in [6.07, 6.45) is 0. The first-order chi connectivity index (χ1) is 9.20. The Bertz CT molecular complexity index is 709. The van der Waals surface area contributed by atoms with E-state index in [4.69, 9.17) is 10.2 Å². The SMILES string of the molecule is Nc1ccc2nc(SCc3ccc(F)cc3)oc2c1. The summed E-state index contributed by atoms with van der Waals surface area (Å²) in [7, 11) is 0. The molecule has 0 saturated carbocycles. The van der Waals surface area contributed by atoms with Crippen molar-refractivity contribution in [2.24, 2.45) is 0 Å². The second kappa shape index (κ2) is 4.93. The van der Waals surface area contributed by atoms with Gasteiger partial charge in [-0.25, -0.2) is 9.37 Å². The third-order valence-corrected chi connectivity index (χ3v) is 3.57. The second-order valence-corrected chi connectivity index (χ2v) is 5.05. The maximum Gasteiger partial charge on any atom is 0.257 e. The van der Waals surface area contributed by atoms with Crippen molar-refractivity contribution in [3.05, 3.63) is 53.8 Å². The summed E-state index contributed by atoms with van der Waals surface area (Å²) in [5.74, 6) is 0.453. The van der Waals surface area contributed by atoms with Gasteiger partial charge in [-0.05, 0) is 29.8 Å². The first-order valence-electron chi connectivity index (χ1n) is 5.74. The lowest BCUT2D eigenvalue weighted by Gasteiger charge is -1.97. The molecule has 0 radical (unpaired) electrons. The fourth-order valence-corrected chi connectivity index (χ4v) is 2.50. The van der Waals surface area contributed by atoms with Crippen molar-refractivity contribution < 1.29 is 8.81 Å². The van der Waals surface area contributed by atoms with Crippen LogP contribution in [0.5, 0.6) is 0 Å². The number of rotatable bonds is 3. The topological polar surface area (TPSA) is 52.0 Å². The molecule has 5 heteroatoms. The van der Waals surface area contributed by atoms with E-state index in [2.05, 4.69) is 4.98 Å². The number of aromatic nitrogens is 1. The van der Waals surface area contributed by atoms with Crippen LogP contribution < -0.4 is 5.73 Å². The minimum atomic E-state index is -0.230. The summed E-state index contributed by atoms with van der Waals surface area (Å²) in [4.78, 5) is 4.35. The summed E-state index contributed by atoms with van der Waals surface area (Å²) in [5, 5.41) is 0.588. The molecule has 2 aromatic carbocycles. The number of hydrogen-bond acceptors (Lipinski definition) is 4. The van der Waals surface area contributed by atoms with Crippen LogP contribution in [0.2, 0.25) is 0 Å². The minimum absolute atomic E-state index is 0.230. The summed E-state index contributed by atoms with van der Waals surface area (Å²) >= 11 is 1.47. The second-order valence-electron chi connectivity index (χ2n) is 4.12. The summed E-state index contributed by atoms with van der Waals surface area (Å²) in [6, 6.07) is 11.8. The molecule has 1 aromatic heterocycles. The van der Waals surface area contributed by atoms with Crippen LogP contribution >= 0.6 is 11.8 Å². The molecule has 0 atom stereocenters. The van der Waals surface area contributed by atoms with Gasteiger partial charge in [-0.2, -0.15) is 0 Å². The molecule has 3 aromatic rings. The molecule has 0 spiro atoms. The summed E-state index contributed by atoms with van der Waals surface area (Å²) in [6.45, 7) is 0. The zero-order chi connectivity index (χ0) is 13.2. The van der Waals surface area contributed by atoms with E-state index in [1.807, 2.05) is 6.07 Å². The molecule has 0 aliphatic carbocycles. The van der Waals surface area contributed by atoms with Crippen LogP contribution in [0.1, 0.15) is 5.56 Å². The van der Waals surface area contributed by atoms with E-state index in [0.717, 1.165) is 11.1 Å². The average Bonchev–Trinajstić information content (AvgIpc) is 2.80. The fraction of sp³-hybridized carbons (Fsp3) is 0.0714. The number of halogens is 1. The highest BCUT2D eigenvalue weighted by molar-refractivity contribution is 7.98.